The minimum absolute atomic E-state index is 0.162. The maximum atomic E-state index is 12.4. The monoisotopic (exact) mass is 311 g/mol. The predicted molar refractivity (Wildman–Crippen MR) is 83.8 cm³/mol. The molecule has 0 radical (unpaired) electrons. The van der Waals surface area contributed by atoms with Gasteiger partial charge < -0.3 is 19.7 Å². The topological polar surface area (TPSA) is 78.6 Å². The van der Waals surface area contributed by atoms with Gasteiger partial charge in [-0.15, -0.1) is 0 Å². The van der Waals surface area contributed by atoms with E-state index in [1.54, 1.807) is 18.3 Å². The van der Waals surface area contributed by atoms with Crippen molar-refractivity contribution in [1.82, 2.24) is 15.2 Å². The van der Waals surface area contributed by atoms with Gasteiger partial charge in [-0.3, -0.25) is 9.78 Å². The Morgan fingerprint density at radius 3 is 3.13 bits per heavy atom. The Bertz CT molecular complexity index is 817. The van der Waals surface area contributed by atoms with Crippen molar-refractivity contribution < 1.29 is 14.3 Å². The lowest BCUT2D eigenvalue weighted by molar-refractivity contribution is 0.0919. The number of pyridine rings is 1. The van der Waals surface area contributed by atoms with Crippen LogP contribution < -0.4 is 5.32 Å². The Labute approximate surface area is 133 Å². The van der Waals surface area contributed by atoms with E-state index in [1.807, 2.05) is 0 Å². The first-order valence-corrected chi connectivity index (χ1v) is 7.75. The molecule has 2 saturated heterocycles. The highest BCUT2D eigenvalue weighted by Crippen LogP contribution is 2.28. The fourth-order valence-electron chi connectivity index (χ4n) is 3.44. The Morgan fingerprint density at radius 2 is 2.39 bits per heavy atom. The molecule has 4 heterocycles. The second kappa shape index (κ2) is 5.69. The summed E-state index contributed by atoms with van der Waals surface area (Å²) in [6, 6.07) is 3.61. The van der Waals surface area contributed by atoms with Gasteiger partial charge in [-0.2, -0.15) is 0 Å². The van der Waals surface area contributed by atoms with Crippen LogP contribution in [0.15, 0.2) is 22.7 Å². The number of carbonyl (C=O) groups is 1. The summed E-state index contributed by atoms with van der Waals surface area (Å²) in [7, 11) is 0. The Balaban J connectivity index is 1.52. The zero-order valence-electron chi connectivity index (χ0n) is 12.6. The Kier molecular flexibility index (Phi) is 3.52. The molecule has 2 bridgehead atoms. The summed E-state index contributed by atoms with van der Waals surface area (Å²) in [5.41, 5.74) is 0.926. The standard InChI is InChI=1S/C17H17N3O3/c21-5-1-2-13-6-12-8-18-14(7-16(12)23-13)17(22)19-15-10-20-4-3-11(15)9-20/h6-8,11,15,21H,3-5,9-10H2,(H,19,22). The SMILES string of the molecule is O=C(NC1CN2CCC1C2)c1cc2oc(C#CCO)cc2cn1. The maximum absolute atomic E-state index is 12.4. The van der Waals surface area contributed by atoms with Crippen LogP contribution in [0.1, 0.15) is 22.7 Å². The molecule has 0 aliphatic carbocycles. The van der Waals surface area contributed by atoms with Crippen LogP contribution in [0.5, 0.6) is 0 Å². The molecule has 2 aliphatic heterocycles. The third-order valence-corrected chi connectivity index (χ3v) is 4.57. The van der Waals surface area contributed by atoms with E-state index in [4.69, 9.17) is 9.52 Å². The minimum Gasteiger partial charge on any atom is -0.448 e. The van der Waals surface area contributed by atoms with Crippen LogP contribution in [0.2, 0.25) is 0 Å². The van der Waals surface area contributed by atoms with Crippen molar-refractivity contribution in [2.45, 2.75) is 12.5 Å². The van der Waals surface area contributed by atoms with Gasteiger partial charge >= 0.3 is 0 Å². The van der Waals surface area contributed by atoms with E-state index in [1.165, 1.54) is 0 Å². The van der Waals surface area contributed by atoms with Crippen molar-refractivity contribution in [3.05, 3.63) is 29.8 Å². The molecule has 0 aromatic carbocycles. The molecule has 118 valence electrons. The van der Waals surface area contributed by atoms with E-state index in [0.29, 0.717) is 23.0 Å². The molecule has 3 atom stereocenters. The van der Waals surface area contributed by atoms with Crippen molar-refractivity contribution in [3.8, 4) is 11.8 Å². The van der Waals surface area contributed by atoms with E-state index in [2.05, 4.69) is 27.0 Å². The van der Waals surface area contributed by atoms with E-state index < -0.39 is 0 Å². The summed E-state index contributed by atoms with van der Waals surface area (Å²) in [6.45, 7) is 2.94. The molecule has 23 heavy (non-hydrogen) atoms. The lowest BCUT2D eigenvalue weighted by atomic mass is 10.00. The normalized spacial score (nSPS) is 25.3. The largest absolute Gasteiger partial charge is 0.448 e. The van der Waals surface area contributed by atoms with Gasteiger partial charge in [0.05, 0.1) is 0 Å². The number of aliphatic hydroxyl groups excluding tert-OH is 1. The summed E-state index contributed by atoms with van der Waals surface area (Å²) in [5.74, 6) is 6.10. The highest BCUT2D eigenvalue weighted by Gasteiger charge is 2.38. The molecule has 0 spiro atoms. The number of furan rings is 1. The van der Waals surface area contributed by atoms with Crippen molar-refractivity contribution in [1.29, 1.82) is 0 Å². The first kappa shape index (κ1) is 14.2. The lowest BCUT2D eigenvalue weighted by Gasteiger charge is -2.22. The second-order valence-electron chi connectivity index (χ2n) is 6.07. The van der Waals surface area contributed by atoms with Crippen LogP contribution in [0.3, 0.4) is 0 Å². The maximum Gasteiger partial charge on any atom is 0.270 e. The molecule has 2 aromatic rings. The summed E-state index contributed by atoms with van der Waals surface area (Å²) >= 11 is 0. The van der Waals surface area contributed by atoms with Gasteiger partial charge in [-0.1, -0.05) is 5.92 Å². The van der Waals surface area contributed by atoms with Gasteiger partial charge in [0.2, 0.25) is 0 Å². The molecule has 0 saturated carbocycles. The first-order valence-electron chi connectivity index (χ1n) is 7.75. The zero-order valence-corrected chi connectivity index (χ0v) is 12.6. The smallest absolute Gasteiger partial charge is 0.270 e. The first-order chi connectivity index (χ1) is 11.2. The number of fused-ring (bicyclic) bond motifs is 3. The molecule has 6 heteroatoms. The van der Waals surface area contributed by atoms with Crippen LogP contribution in [-0.2, 0) is 0 Å². The van der Waals surface area contributed by atoms with Crippen molar-refractivity contribution in [2.24, 2.45) is 5.92 Å². The molecule has 2 aliphatic rings. The average Bonchev–Trinajstić information content (AvgIpc) is 3.26. The second-order valence-corrected chi connectivity index (χ2v) is 6.07. The summed E-state index contributed by atoms with van der Waals surface area (Å²) in [6.07, 6.45) is 2.77. The van der Waals surface area contributed by atoms with Crippen LogP contribution in [0.4, 0.5) is 0 Å². The van der Waals surface area contributed by atoms with E-state index in [9.17, 15) is 4.79 Å². The zero-order chi connectivity index (χ0) is 15.8. The van der Waals surface area contributed by atoms with Gasteiger partial charge in [0, 0.05) is 42.8 Å². The number of piperidine rings is 1. The summed E-state index contributed by atoms with van der Waals surface area (Å²) < 4.78 is 5.57. The molecule has 1 amide bonds. The van der Waals surface area contributed by atoms with Crippen LogP contribution >= 0.6 is 0 Å². The highest BCUT2D eigenvalue weighted by atomic mass is 16.3. The molecular formula is C17H17N3O3. The van der Waals surface area contributed by atoms with Crippen LogP contribution in [0, 0.1) is 17.8 Å². The van der Waals surface area contributed by atoms with E-state index in [0.717, 1.165) is 31.4 Å². The van der Waals surface area contributed by atoms with E-state index >= 15 is 0 Å². The number of amides is 1. The van der Waals surface area contributed by atoms with Gasteiger partial charge in [0.15, 0.2) is 5.76 Å². The van der Waals surface area contributed by atoms with Crippen molar-refractivity contribution >= 4 is 16.9 Å². The van der Waals surface area contributed by atoms with Crippen molar-refractivity contribution in [2.75, 3.05) is 26.2 Å². The minimum atomic E-state index is -0.220. The number of carbonyl (C=O) groups excluding carboxylic acids is 1. The molecule has 4 rings (SSSR count). The van der Waals surface area contributed by atoms with Crippen LogP contribution in [-0.4, -0.2) is 53.2 Å². The Hall–Kier alpha value is -2.36. The average molecular weight is 311 g/mol. The fraction of sp³-hybridized carbons (Fsp3) is 0.412. The van der Waals surface area contributed by atoms with Crippen LogP contribution in [0.25, 0.3) is 11.0 Å². The predicted octanol–water partition coefficient (Wildman–Crippen LogP) is 0.605. The number of aliphatic hydroxyl groups is 1. The third-order valence-electron chi connectivity index (χ3n) is 4.57. The number of aromatic nitrogens is 1. The molecule has 3 unspecified atom stereocenters. The molecular weight excluding hydrogens is 294 g/mol. The molecule has 6 nitrogen and oxygen atoms in total. The molecule has 2 fully saturated rings. The van der Waals surface area contributed by atoms with Gasteiger partial charge in [-0.05, 0) is 24.8 Å². The summed E-state index contributed by atoms with van der Waals surface area (Å²) in [5, 5.41) is 12.6. The number of hydrogen-bond donors (Lipinski definition) is 2. The quantitative estimate of drug-likeness (QED) is 0.794. The van der Waals surface area contributed by atoms with Gasteiger partial charge in [0.25, 0.3) is 5.91 Å². The third kappa shape index (κ3) is 2.69. The lowest BCUT2D eigenvalue weighted by Crippen LogP contribution is -2.43. The van der Waals surface area contributed by atoms with Gasteiger partial charge in [-0.25, -0.2) is 0 Å². The van der Waals surface area contributed by atoms with E-state index in [-0.39, 0.29) is 18.6 Å². The highest BCUT2D eigenvalue weighted by molar-refractivity contribution is 5.95. The summed E-state index contributed by atoms with van der Waals surface area (Å²) in [4.78, 5) is 19.0. The number of nitrogens with zero attached hydrogens (tertiary/aromatic N) is 2. The number of nitrogens with one attached hydrogen (secondary N) is 1. The number of hydrogen-bond acceptors (Lipinski definition) is 5. The molecule has 2 aromatic heterocycles. The number of rotatable bonds is 2. The van der Waals surface area contributed by atoms with Crippen molar-refractivity contribution in [3.63, 3.8) is 0 Å². The molecule has 2 N–H and O–H groups in total. The Morgan fingerprint density at radius 1 is 1.48 bits per heavy atom. The van der Waals surface area contributed by atoms with Gasteiger partial charge in [0.1, 0.15) is 17.9 Å². The fourth-order valence-corrected chi connectivity index (χ4v) is 3.44.